The van der Waals surface area contributed by atoms with Gasteiger partial charge in [-0.3, -0.25) is 4.90 Å². The molecule has 0 aliphatic carbocycles. The predicted octanol–water partition coefficient (Wildman–Crippen LogP) is 2.61. The minimum absolute atomic E-state index is 0.963. The van der Waals surface area contributed by atoms with Gasteiger partial charge < -0.3 is 4.90 Å². The fraction of sp³-hybridized carbons (Fsp3) is 0.600. The van der Waals surface area contributed by atoms with Gasteiger partial charge in [0.1, 0.15) is 0 Å². The van der Waals surface area contributed by atoms with Gasteiger partial charge in [0.25, 0.3) is 0 Å². The molecule has 2 rings (SSSR count). The molecule has 2 nitrogen and oxygen atoms in total. The molecule has 0 atom stereocenters. The van der Waals surface area contributed by atoms with Crippen LogP contribution in [0.4, 0.5) is 5.69 Å². The van der Waals surface area contributed by atoms with E-state index in [0.29, 0.717) is 0 Å². The topological polar surface area (TPSA) is 6.48 Å². The molecule has 0 amide bonds. The molecule has 0 saturated carbocycles. The molecular weight excluding hydrogens is 240 g/mol. The first-order chi connectivity index (χ1) is 8.76. The number of rotatable bonds is 4. The van der Waals surface area contributed by atoms with E-state index in [1.54, 1.807) is 0 Å². The van der Waals surface area contributed by atoms with Gasteiger partial charge in [0.05, 0.1) is 0 Å². The average Bonchev–Trinajstić information content (AvgIpc) is 2.40. The van der Waals surface area contributed by atoms with Crippen LogP contribution in [-0.2, 0) is 6.42 Å². The first-order valence-corrected chi connectivity index (χ1v) is 7.56. The number of para-hydroxylation sites is 1. The molecule has 1 fully saturated rings. The van der Waals surface area contributed by atoms with Crippen molar-refractivity contribution in [2.45, 2.75) is 20.3 Å². The molecule has 0 unspecified atom stereocenters. The predicted molar refractivity (Wildman–Crippen MR) is 83.1 cm³/mol. The molecule has 18 heavy (non-hydrogen) atoms. The number of piperazine rings is 1. The molecule has 3 heteroatoms. The Hall–Kier alpha value is -0.670. The van der Waals surface area contributed by atoms with Crippen molar-refractivity contribution < 1.29 is 0 Å². The summed E-state index contributed by atoms with van der Waals surface area (Å²) in [7, 11) is 0. The normalized spacial score (nSPS) is 17.2. The number of hydrogen-bond acceptors (Lipinski definition) is 3. The second-order valence-electron chi connectivity index (χ2n) is 4.99. The van der Waals surface area contributed by atoms with Crippen LogP contribution in [0.15, 0.2) is 18.2 Å². The molecule has 1 aromatic rings. The monoisotopic (exact) mass is 264 g/mol. The first kappa shape index (κ1) is 13.8. The van der Waals surface area contributed by atoms with Crippen LogP contribution in [-0.4, -0.2) is 43.4 Å². The SMILES string of the molecule is CCc1cccc(C)c1N1CCN(CCS)CC1. The van der Waals surface area contributed by atoms with E-state index in [0.717, 1.165) is 44.9 Å². The van der Waals surface area contributed by atoms with Gasteiger partial charge in [0.15, 0.2) is 0 Å². The van der Waals surface area contributed by atoms with Crippen molar-refractivity contribution in [2.75, 3.05) is 43.4 Å². The van der Waals surface area contributed by atoms with Gasteiger partial charge in [-0.2, -0.15) is 12.6 Å². The zero-order valence-corrected chi connectivity index (χ0v) is 12.4. The van der Waals surface area contributed by atoms with Crippen LogP contribution in [0, 0.1) is 6.92 Å². The summed E-state index contributed by atoms with van der Waals surface area (Å²) in [5, 5.41) is 0. The van der Waals surface area contributed by atoms with E-state index in [1.165, 1.54) is 16.8 Å². The number of anilines is 1. The Labute approximate surface area is 116 Å². The van der Waals surface area contributed by atoms with E-state index in [9.17, 15) is 0 Å². The third kappa shape index (κ3) is 3.01. The molecule has 100 valence electrons. The summed E-state index contributed by atoms with van der Waals surface area (Å²) in [6.07, 6.45) is 1.12. The minimum atomic E-state index is 0.963. The maximum absolute atomic E-state index is 4.32. The number of thiol groups is 1. The Morgan fingerprint density at radius 1 is 1.17 bits per heavy atom. The van der Waals surface area contributed by atoms with Gasteiger partial charge in [-0.05, 0) is 24.5 Å². The zero-order chi connectivity index (χ0) is 13.0. The summed E-state index contributed by atoms with van der Waals surface area (Å²) >= 11 is 4.32. The summed E-state index contributed by atoms with van der Waals surface area (Å²) in [5.74, 6) is 0.963. The van der Waals surface area contributed by atoms with Crippen LogP contribution in [0.5, 0.6) is 0 Å². The second kappa shape index (κ2) is 6.48. The van der Waals surface area contributed by atoms with Gasteiger partial charge in [0.2, 0.25) is 0 Å². The lowest BCUT2D eigenvalue weighted by atomic mass is 10.0. The van der Waals surface area contributed by atoms with E-state index >= 15 is 0 Å². The van der Waals surface area contributed by atoms with Crippen LogP contribution >= 0.6 is 12.6 Å². The van der Waals surface area contributed by atoms with E-state index in [-0.39, 0.29) is 0 Å². The fourth-order valence-corrected chi connectivity index (χ4v) is 3.08. The Morgan fingerprint density at radius 3 is 2.50 bits per heavy atom. The smallest absolute Gasteiger partial charge is 0.0429 e. The van der Waals surface area contributed by atoms with Crippen LogP contribution in [0.25, 0.3) is 0 Å². The standard InChI is InChI=1S/C15H24N2S/c1-3-14-6-4-5-13(2)15(14)17-9-7-16(8-10-17)11-12-18/h4-6,18H,3,7-12H2,1-2H3. The van der Waals surface area contributed by atoms with Gasteiger partial charge in [-0.1, -0.05) is 25.1 Å². The zero-order valence-electron chi connectivity index (χ0n) is 11.5. The Bertz CT molecular complexity index is 384. The van der Waals surface area contributed by atoms with Crippen molar-refractivity contribution >= 4 is 18.3 Å². The largest absolute Gasteiger partial charge is 0.369 e. The Balaban J connectivity index is 2.09. The lowest BCUT2D eigenvalue weighted by Crippen LogP contribution is -2.47. The van der Waals surface area contributed by atoms with Gasteiger partial charge >= 0.3 is 0 Å². The summed E-state index contributed by atoms with van der Waals surface area (Å²) in [4.78, 5) is 5.07. The van der Waals surface area contributed by atoms with E-state index in [1.807, 2.05) is 0 Å². The minimum Gasteiger partial charge on any atom is -0.369 e. The molecule has 1 aromatic carbocycles. The highest BCUT2D eigenvalue weighted by Crippen LogP contribution is 2.26. The van der Waals surface area contributed by atoms with Gasteiger partial charge in [-0.25, -0.2) is 0 Å². The molecule has 0 aromatic heterocycles. The molecule has 1 aliphatic heterocycles. The van der Waals surface area contributed by atoms with Crippen LogP contribution in [0.3, 0.4) is 0 Å². The van der Waals surface area contributed by atoms with E-state index in [2.05, 4.69) is 54.5 Å². The molecule has 1 heterocycles. The van der Waals surface area contributed by atoms with Crippen molar-refractivity contribution in [1.29, 1.82) is 0 Å². The van der Waals surface area contributed by atoms with Crippen LogP contribution in [0.1, 0.15) is 18.1 Å². The van der Waals surface area contributed by atoms with Crippen molar-refractivity contribution in [3.05, 3.63) is 29.3 Å². The van der Waals surface area contributed by atoms with Crippen molar-refractivity contribution in [3.63, 3.8) is 0 Å². The van der Waals surface area contributed by atoms with Gasteiger partial charge in [-0.15, -0.1) is 0 Å². The third-order valence-corrected chi connectivity index (χ3v) is 4.01. The molecule has 0 radical (unpaired) electrons. The number of nitrogens with zero attached hydrogens (tertiary/aromatic N) is 2. The highest BCUT2D eigenvalue weighted by molar-refractivity contribution is 7.80. The summed E-state index contributed by atoms with van der Waals surface area (Å²) in [6, 6.07) is 6.67. The number of benzene rings is 1. The van der Waals surface area contributed by atoms with E-state index < -0.39 is 0 Å². The van der Waals surface area contributed by atoms with Gasteiger partial charge in [0, 0.05) is 44.2 Å². The molecular formula is C15H24N2S. The number of hydrogen-bond donors (Lipinski definition) is 1. The molecule has 1 aliphatic rings. The lowest BCUT2D eigenvalue weighted by Gasteiger charge is -2.37. The maximum Gasteiger partial charge on any atom is 0.0429 e. The summed E-state index contributed by atoms with van der Waals surface area (Å²) in [6.45, 7) is 10.2. The van der Waals surface area contributed by atoms with Crippen molar-refractivity contribution in [3.8, 4) is 0 Å². The summed E-state index contributed by atoms with van der Waals surface area (Å²) < 4.78 is 0. The number of aryl methyl sites for hydroxylation is 2. The highest BCUT2D eigenvalue weighted by atomic mass is 32.1. The van der Waals surface area contributed by atoms with Crippen molar-refractivity contribution in [2.24, 2.45) is 0 Å². The fourth-order valence-electron chi connectivity index (χ4n) is 2.79. The van der Waals surface area contributed by atoms with Crippen LogP contribution < -0.4 is 4.90 Å². The third-order valence-electron chi connectivity index (χ3n) is 3.81. The average molecular weight is 264 g/mol. The summed E-state index contributed by atoms with van der Waals surface area (Å²) in [5.41, 5.74) is 4.38. The van der Waals surface area contributed by atoms with Crippen molar-refractivity contribution in [1.82, 2.24) is 4.90 Å². The Kier molecular flexibility index (Phi) is 4.95. The molecule has 1 saturated heterocycles. The quantitative estimate of drug-likeness (QED) is 0.835. The molecule has 0 N–H and O–H groups in total. The highest BCUT2D eigenvalue weighted by Gasteiger charge is 2.19. The Morgan fingerprint density at radius 2 is 1.89 bits per heavy atom. The molecule has 0 bridgehead atoms. The lowest BCUT2D eigenvalue weighted by molar-refractivity contribution is 0.273. The first-order valence-electron chi connectivity index (χ1n) is 6.93. The second-order valence-corrected chi connectivity index (χ2v) is 5.44. The van der Waals surface area contributed by atoms with Crippen LogP contribution in [0.2, 0.25) is 0 Å². The molecule has 0 spiro atoms. The van der Waals surface area contributed by atoms with E-state index in [4.69, 9.17) is 0 Å². The maximum atomic E-state index is 4.32.